The van der Waals surface area contributed by atoms with Crippen LogP contribution in [0.5, 0.6) is 0 Å². The molecule has 0 radical (unpaired) electrons. The lowest BCUT2D eigenvalue weighted by Gasteiger charge is -2.19. The molecule has 4 aromatic rings. The Bertz CT molecular complexity index is 1630. The number of aromatic nitrogens is 5. The summed E-state index contributed by atoms with van der Waals surface area (Å²) in [5.41, 5.74) is -0.0770. The number of sulfone groups is 1. The maximum absolute atomic E-state index is 13.5. The number of benzene rings is 1. The average molecular weight is 526 g/mol. The molecule has 0 aliphatic rings. The van der Waals surface area contributed by atoms with Crippen molar-refractivity contribution in [1.29, 1.82) is 5.26 Å². The molecule has 0 saturated heterocycles. The largest absolute Gasteiger partial charge is 0.455 e. The van der Waals surface area contributed by atoms with Gasteiger partial charge in [0.2, 0.25) is 0 Å². The molecule has 0 unspecified atom stereocenters. The molecule has 1 aromatic carbocycles. The molecular formula is C22H19F5N6O2S. The minimum Gasteiger partial charge on any atom is -0.257 e. The van der Waals surface area contributed by atoms with Gasteiger partial charge in [0.1, 0.15) is 6.54 Å². The fourth-order valence-electron chi connectivity index (χ4n) is 3.59. The number of fused-ring (bicyclic) bond motifs is 2. The van der Waals surface area contributed by atoms with Gasteiger partial charge >= 0.3 is 12.1 Å². The van der Waals surface area contributed by atoms with Crippen LogP contribution >= 0.6 is 0 Å². The van der Waals surface area contributed by atoms with Crippen molar-refractivity contribution >= 4 is 31.6 Å². The lowest BCUT2D eigenvalue weighted by atomic mass is 9.86. The standard InChI is InChI=1S/C22H19F5N6O2S/c1-4-36(34,35)19-15-6-5-14(20(2,3)11-28)8-16(15)31-33(19)18-7-13-9-30-32(17(13)10-29-18)12-21(23,24)22(25,26)27/h5-10H,4,12H2,1-3H3. The van der Waals surface area contributed by atoms with Crippen LogP contribution in [-0.2, 0) is 21.8 Å². The Morgan fingerprint density at radius 2 is 1.78 bits per heavy atom. The highest BCUT2D eigenvalue weighted by atomic mass is 32.2. The van der Waals surface area contributed by atoms with E-state index in [0.717, 1.165) is 17.1 Å². The van der Waals surface area contributed by atoms with Gasteiger partial charge in [-0.15, -0.1) is 0 Å². The van der Waals surface area contributed by atoms with Crippen LogP contribution in [-0.4, -0.2) is 50.8 Å². The monoisotopic (exact) mass is 526 g/mol. The summed E-state index contributed by atoms with van der Waals surface area (Å²) >= 11 is 0. The van der Waals surface area contributed by atoms with Gasteiger partial charge < -0.3 is 0 Å². The van der Waals surface area contributed by atoms with Gasteiger partial charge in [0.25, 0.3) is 0 Å². The van der Waals surface area contributed by atoms with Crippen molar-refractivity contribution in [2.45, 2.75) is 49.9 Å². The number of hydrogen-bond acceptors (Lipinski definition) is 6. The van der Waals surface area contributed by atoms with Crippen molar-refractivity contribution in [3.05, 3.63) is 42.2 Å². The average Bonchev–Trinajstić information content (AvgIpc) is 3.39. The Morgan fingerprint density at radius 1 is 1.08 bits per heavy atom. The molecule has 0 aliphatic carbocycles. The maximum Gasteiger partial charge on any atom is 0.455 e. The van der Waals surface area contributed by atoms with Gasteiger partial charge in [0, 0.05) is 10.8 Å². The number of hydrogen-bond donors (Lipinski definition) is 0. The van der Waals surface area contributed by atoms with E-state index in [2.05, 4.69) is 21.3 Å². The van der Waals surface area contributed by atoms with E-state index in [1.165, 1.54) is 13.0 Å². The summed E-state index contributed by atoms with van der Waals surface area (Å²) in [6.07, 6.45) is -3.64. The summed E-state index contributed by atoms with van der Waals surface area (Å²) in [4.78, 5) is 4.09. The summed E-state index contributed by atoms with van der Waals surface area (Å²) in [5.74, 6) is -5.28. The minimum absolute atomic E-state index is 0.00560. The van der Waals surface area contributed by atoms with E-state index in [1.54, 1.807) is 32.0 Å². The van der Waals surface area contributed by atoms with E-state index >= 15 is 0 Å². The fourth-order valence-corrected chi connectivity index (χ4v) is 4.77. The maximum atomic E-state index is 13.5. The third-order valence-corrected chi connectivity index (χ3v) is 7.54. The van der Waals surface area contributed by atoms with Gasteiger partial charge in [-0.25, -0.2) is 18.1 Å². The molecule has 0 amide bonds. The zero-order valence-electron chi connectivity index (χ0n) is 19.2. The van der Waals surface area contributed by atoms with Crippen LogP contribution in [0.25, 0.3) is 27.6 Å². The van der Waals surface area contributed by atoms with E-state index < -0.39 is 33.9 Å². The minimum atomic E-state index is -5.75. The van der Waals surface area contributed by atoms with Gasteiger partial charge in [-0.2, -0.15) is 37.4 Å². The van der Waals surface area contributed by atoms with Crippen LogP contribution in [0.2, 0.25) is 0 Å². The topological polar surface area (TPSA) is 106 Å². The van der Waals surface area contributed by atoms with Crippen LogP contribution in [0.4, 0.5) is 22.0 Å². The first-order valence-electron chi connectivity index (χ1n) is 10.5. The first-order chi connectivity index (χ1) is 16.6. The van der Waals surface area contributed by atoms with Crippen LogP contribution < -0.4 is 0 Å². The van der Waals surface area contributed by atoms with Crippen molar-refractivity contribution < 1.29 is 30.4 Å². The molecule has 0 bridgehead atoms. The van der Waals surface area contributed by atoms with Crippen LogP contribution in [0.1, 0.15) is 26.3 Å². The van der Waals surface area contributed by atoms with Crippen molar-refractivity contribution in [2.75, 3.05) is 5.75 Å². The SMILES string of the molecule is CCS(=O)(=O)c1c2ccc(C(C)(C)C#N)cc2nn1-c1cc2cnn(CC(F)(F)C(F)(F)F)c2cn1. The molecule has 14 heteroatoms. The molecule has 36 heavy (non-hydrogen) atoms. The predicted octanol–water partition coefficient (Wildman–Crippen LogP) is 4.56. The number of halogens is 5. The van der Waals surface area contributed by atoms with E-state index in [0.29, 0.717) is 10.2 Å². The fraction of sp³-hybridized carbons (Fsp3) is 0.364. The molecule has 0 atom stereocenters. The van der Waals surface area contributed by atoms with Gasteiger partial charge in [-0.1, -0.05) is 13.0 Å². The Morgan fingerprint density at radius 3 is 2.39 bits per heavy atom. The summed E-state index contributed by atoms with van der Waals surface area (Å²) < 4.78 is 92.5. The number of alkyl halides is 5. The van der Waals surface area contributed by atoms with E-state index in [4.69, 9.17) is 0 Å². The van der Waals surface area contributed by atoms with Gasteiger partial charge in [-0.05, 0) is 37.6 Å². The summed E-state index contributed by atoms with van der Waals surface area (Å²) in [5, 5.41) is 17.7. The second-order valence-corrected chi connectivity index (χ2v) is 10.9. The number of pyridine rings is 1. The molecular weight excluding hydrogens is 507 g/mol. The third kappa shape index (κ3) is 4.17. The normalized spacial score (nSPS) is 13.4. The lowest BCUT2D eigenvalue weighted by molar-refractivity contribution is -0.287. The van der Waals surface area contributed by atoms with E-state index in [-0.39, 0.29) is 38.4 Å². The number of nitriles is 1. The number of nitrogens with zero attached hydrogens (tertiary/aromatic N) is 6. The summed E-state index contributed by atoms with van der Waals surface area (Å²) in [7, 11) is -3.85. The number of rotatable bonds is 6. The van der Waals surface area contributed by atoms with Gasteiger partial charge in [0.15, 0.2) is 20.7 Å². The third-order valence-electron chi connectivity index (χ3n) is 5.80. The Labute approximate surface area is 201 Å². The Balaban J connectivity index is 1.88. The van der Waals surface area contributed by atoms with Crippen molar-refractivity contribution in [3.8, 4) is 11.9 Å². The molecule has 0 spiro atoms. The van der Waals surface area contributed by atoms with E-state index in [1.807, 2.05) is 0 Å². The lowest BCUT2D eigenvalue weighted by Crippen LogP contribution is -2.40. The van der Waals surface area contributed by atoms with Crippen molar-refractivity contribution in [2.24, 2.45) is 0 Å². The second-order valence-electron chi connectivity index (χ2n) is 8.69. The Kier molecular flexibility index (Phi) is 5.82. The first-order valence-corrected chi connectivity index (χ1v) is 12.2. The van der Waals surface area contributed by atoms with Gasteiger partial charge in [-0.3, -0.25) is 4.68 Å². The molecule has 0 fully saturated rings. The van der Waals surface area contributed by atoms with Gasteiger partial charge in [0.05, 0.1) is 40.7 Å². The Hall–Kier alpha value is -3.60. The highest BCUT2D eigenvalue weighted by Gasteiger charge is 2.57. The van der Waals surface area contributed by atoms with Crippen LogP contribution in [0, 0.1) is 11.3 Å². The molecule has 8 nitrogen and oxygen atoms in total. The van der Waals surface area contributed by atoms with Crippen LogP contribution in [0.3, 0.4) is 0 Å². The highest BCUT2D eigenvalue weighted by molar-refractivity contribution is 7.91. The quantitative estimate of drug-likeness (QED) is 0.341. The molecule has 190 valence electrons. The zero-order chi connectivity index (χ0) is 26.7. The smallest absolute Gasteiger partial charge is 0.257 e. The molecule has 4 rings (SSSR count). The first kappa shape index (κ1) is 25.5. The second kappa shape index (κ2) is 8.22. The molecule has 0 N–H and O–H groups in total. The highest BCUT2D eigenvalue weighted by Crippen LogP contribution is 2.37. The predicted molar refractivity (Wildman–Crippen MR) is 120 cm³/mol. The zero-order valence-corrected chi connectivity index (χ0v) is 20.0. The van der Waals surface area contributed by atoms with E-state index in [9.17, 15) is 35.6 Å². The molecule has 0 saturated carbocycles. The molecule has 0 aliphatic heterocycles. The summed E-state index contributed by atoms with van der Waals surface area (Å²) in [6.45, 7) is 3.11. The molecule has 3 aromatic heterocycles. The van der Waals surface area contributed by atoms with Crippen molar-refractivity contribution in [3.63, 3.8) is 0 Å². The molecule has 3 heterocycles. The van der Waals surface area contributed by atoms with Crippen LogP contribution in [0.15, 0.2) is 41.7 Å². The van der Waals surface area contributed by atoms with Crippen molar-refractivity contribution in [1.82, 2.24) is 24.5 Å². The summed E-state index contributed by atoms with van der Waals surface area (Å²) in [6, 6.07) is 8.24.